The molecule has 11 heavy (non-hydrogen) atoms. The Bertz CT molecular complexity index is 200. The highest BCUT2D eigenvalue weighted by molar-refractivity contribution is 7.13. The Morgan fingerprint density at radius 1 is 1.64 bits per heavy atom. The fraction of sp³-hybridized carbons (Fsp3) is 0.500. The Hall–Kier alpha value is -0.710. The van der Waals surface area contributed by atoms with E-state index < -0.39 is 12.5 Å². The SMILES string of the molecule is CC(Nc1nccs1)C(F)F. The molecule has 0 radical (unpaired) electrons. The van der Waals surface area contributed by atoms with E-state index in [9.17, 15) is 8.78 Å². The van der Waals surface area contributed by atoms with Gasteiger partial charge in [-0.05, 0) is 6.92 Å². The summed E-state index contributed by atoms with van der Waals surface area (Å²) >= 11 is 1.31. The average Bonchev–Trinajstić information content (AvgIpc) is 2.39. The molecule has 0 aliphatic carbocycles. The summed E-state index contributed by atoms with van der Waals surface area (Å²) in [6, 6.07) is -0.832. The molecule has 2 nitrogen and oxygen atoms in total. The number of halogens is 2. The number of hydrogen-bond acceptors (Lipinski definition) is 3. The fourth-order valence-electron chi connectivity index (χ4n) is 0.552. The van der Waals surface area contributed by atoms with Gasteiger partial charge in [0.15, 0.2) is 5.13 Å². The molecule has 1 atom stereocenters. The molecule has 1 aromatic heterocycles. The third kappa shape index (κ3) is 2.42. The molecule has 1 aromatic rings. The Labute approximate surface area is 67.3 Å². The molecule has 0 bridgehead atoms. The second-order valence-corrected chi connectivity index (χ2v) is 3.00. The summed E-state index contributed by atoms with van der Waals surface area (Å²) in [5, 5.41) is 4.85. The van der Waals surface area contributed by atoms with Gasteiger partial charge < -0.3 is 5.32 Å². The summed E-state index contributed by atoms with van der Waals surface area (Å²) in [6.45, 7) is 1.42. The molecule has 1 rings (SSSR count). The van der Waals surface area contributed by atoms with Crippen molar-refractivity contribution >= 4 is 16.5 Å². The quantitative estimate of drug-likeness (QED) is 0.767. The van der Waals surface area contributed by atoms with E-state index in [0.29, 0.717) is 5.13 Å². The molecule has 0 aliphatic rings. The Morgan fingerprint density at radius 2 is 2.36 bits per heavy atom. The maximum absolute atomic E-state index is 11.9. The van der Waals surface area contributed by atoms with Crippen LogP contribution in [-0.2, 0) is 0 Å². The van der Waals surface area contributed by atoms with E-state index in [1.54, 1.807) is 11.6 Å². The molecule has 0 amide bonds. The third-order valence-electron chi connectivity index (χ3n) is 1.16. The minimum absolute atomic E-state index is 0.540. The van der Waals surface area contributed by atoms with E-state index in [4.69, 9.17) is 0 Å². The first kappa shape index (κ1) is 8.39. The number of hydrogen-bond donors (Lipinski definition) is 1. The number of anilines is 1. The number of aromatic nitrogens is 1. The second kappa shape index (κ2) is 3.61. The first-order chi connectivity index (χ1) is 5.20. The van der Waals surface area contributed by atoms with Gasteiger partial charge >= 0.3 is 0 Å². The number of nitrogens with zero attached hydrogens (tertiary/aromatic N) is 1. The zero-order valence-electron chi connectivity index (χ0n) is 5.92. The third-order valence-corrected chi connectivity index (χ3v) is 1.87. The van der Waals surface area contributed by atoms with E-state index in [2.05, 4.69) is 10.3 Å². The molecule has 62 valence electrons. The minimum Gasteiger partial charge on any atom is -0.353 e. The summed E-state index contributed by atoms with van der Waals surface area (Å²) in [7, 11) is 0. The average molecular weight is 178 g/mol. The summed E-state index contributed by atoms with van der Waals surface area (Å²) in [6.07, 6.45) is -0.774. The monoisotopic (exact) mass is 178 g/mol. The first-order valence-electron chi connectivity index (χ1n) is 3.14. The number of alkyl halides is 2. The molecule has 1 heterocycles. The van der Waals surface area contributed by atoms with Crippen molar-refractivity contribution in [1.82, 2.24) is 4.98 Å². The van der Waals surface area contributed by atoms with Crippen molar-refractivity contribution in [2.24, 2.45) is 0 Å². The van der Waals surface area contributed by atoms with E-state index in [-0.39, 0.29) is 0 Å². The van der Waals surface area contributed by atoms with Gasteiger partial charge in [-0.25, -0.2) is 13.8 Å². The Balaban J connectivity index is 2.43. The molecule has 0 spiro atoms. The number of nitrogens with one attached hydrogen (secondary N) is 1. The lowest BCUT2D eigenvalue weighted by Gasteiger charge is -2.10. The predicted octanol–water partition coefficient (Wildman–Crippen LogP) is 2.21. The van der Waals surface area contributed by atoms with Crippen LogP contribution in [0.4, 0.5) is 13.9 Å². The van der Waals surface area contributed by atoms with Gasteiger partial charge in [-0.1, -0.05) is 0 Å². The zero-order valence-corrected chi connectivity index (χ0v) is 6.74. The molecule has 0 fully saturated rings. The van der Waals surface area contributed by atoms with Gasteiger partial charge in [-0.15, -0.1) is 11.3 Å². The molecule has 0 saturated carbocycles. The number of rotatable bonds is 3. The summed E-state index contributed by atoms with van der Waals surface area (Å²) in [5.74, 6) is 0. The summed E-state index contributed by atoms with van der Waals surface area (Å²) in [4.78, 5) is 3.81. The van der Waals surface area contributed by atoms with Crippen molar-refractivity contribution in [3.05, 3.63) is 11.6 Å². The lowest BCUT2D eigenvalue weighted by molar-refractivity contribution is 0.130. The summed E-state index contributed by atoms with van der Waals surface area (Å²) < 4.78 is 23.9. The van der Waals surface area contributed by atoms with Gasteiger partial charge in [0, 0.05) is 11.6 Å². The van der Waals surface area contributed by atoms with Crippen LogP contribution in [0.25, 0.3) is 0 Å². The molecule has 1 N–H and O–H groups in total. The van der Waals surface area contributed by atoms with Crippen LogP contribution < -0.4 is 5.32 Å². The molecule has 0 saturated heterocycles. The van der Waals surface area contributed by atoms with Crippen LogP contribution in [0.3, 0.4) is 0 Å². The fourth-order valence-corrected chi connectivity index (χ4v) is 1.18. The van der Waals surface area contributed by atoms with E-state index in [1.165, 1.54) is 18.3 Å². The largest absolute Gasteiger partial charge is 0.353 e. The standard InChI is InChI=1S/C6H8F2N2S/c1-4(5(7)8)10-6-9-2-3-11-6/h2-5H,1H3,(H,9,10). The van der Waals surface area contributed by atoms with Crippen molar-refractivity contribution in [2.75, 3.05) is 5.32 Å². The van der Waals surface area contributed by atoms with Crippen molar-refractivity contribution in [3.63, 3.8) is 0 Å². The van der Waals surface area contributed by atoms with Gasteiger partial charge in [0.1, 0.15) is 0 Å². The molecular formula is C6H8F2N2S. The molecular weight excluding hydrogens is 170 g/mol. The topological polar surface area (TPSA) is 24.9 Å². The smallest absolute Gasteiger partial charge is 0.258 e. The predicted molar refractivity (Wildman–Crippen MR) is 41.2 cm³/mol. The first-order valence-corrected chi connectivity index (χ1v) is 4.02. The van der Waals surface area contributed by atoms with Crippen LogP contribution in [0.15, 0.2) is 11.6 Å². The second-order valence-electron chi connectivity index (χ2n) is 2.10. The van der Waals surface area contributed by atoms with Crippen LogP contribution in [0, 0.1) is 0 Å². The Kier molecular flexibility index (Phi) is 2.76. The van der Waals surface area contributed by atoms with Crippen molar-refractivity contribution < 1.29 is 8.78 Å². The normalized spacial score (nSPS) is 13.5. The lowest BCUT2D eigenvalue weighted by atomic mass is 10.4. The van der Waals surface area contributed by atoms with Gasteiger partial charge in [-0.2, -0.15) is 0 Å². The van der Waals surface area contributed by atoms with E-state index >= 15 is 0 Å². The maximum Gasteiger partial charge on any atom is 0.258 e. The lowest BCUT2D eigenvalue weighted by Crippen LogP contribution is -2.23. The van der Waals surface area contributed by atoms with Crippen LogP contribution in [0.1, 0.15) is 6.92 Å². The van der Waals surface area contributed by atoms with Crippen LogP contribution in [0.5, 0.6) is 0 Å². The Morgan fingerprint density at radius 3 is 2.82 bits per heavy atom. The maximum atomic E-state index is 11.9. The van der Waals surface area contributed by atoms with Crippen LogP contribution in [0.2, 0.25) is 0 Å². The van der Waals surface area contributed by atoms with Gasteiger partial charge in [0.05, 0.1) is 6.04 Å². The van der Waals surface area contributed by atoms with E-state index in [1.807, 2.05) is 0 Å². The van der Waals surface area contributed by atoms with Crippen molar-refractivity contribution in [3.8, 4) is 0 Å². The summed E-state index contributed by atoms with van der Waals surface area (Å²) in [5.41, 5.74) is 0. The van der Waals surface area contributed by atoms with E-state index in [0.717, 1.165) is 0 Å². The van der Waals surface area contributed by atoms with Crippen molar-refractivity contribution in [1.29, 1.82) is 0 Å². The molecule has 1 unspecified atom stereocenters. The highest BCUT2D eigenvalue weighted by Gasteiger charge is 2.14. The minimum atomic E-state index is -2.35. The molecule has 0 aliphatic heterocycles. The molecule has 5 heteroatoms. The highest BCUT2D eigenvalue weighted by atomic mass is 32.1. The zero-order chi connectivity index (χ0) is 8.27. The molecule has 0 aromatic carbocycles. The van der Waals surface area contributed by atoms with Gasteiger partial charge in [-0.3, -0.25) is 0 Å². The van der Waals surface area contributed by atoms with Crippen molar-refractivity contribution in [2.45, 2.75) is 19.4 Å². The highest BCUT2D eigenvalue weighted by Crippen LogP contribution is 2.14. The number of thiazole rings is 1. The van der Waals surface area contributed by atoms with Gasteiger partial charge in [0.2, 0.25) is 0 Å². The van der Waals surface area contributed by atoms with Gasteiger partial charge in [0.25, 0.3) is 6.43 Å². The van der Waals surface area contributed by atoms with Crippen LogP contribution in [-0.4, -0.2) is 17.5 Å². The van der Waals surface area contributed by atoms with Crippen LogP contribution >= 0.6 is 11.3 Å².